The van der Waals surface area contributed by atoms with E-state index in [-0.39, 0.29) is 18.7 Å². The zero-order valence-electron chi connectivity index (χ0n) is 17.8. The number of benzene rings is 2. The summed E-state index contributed by atoms with van der Waals surface area (Å²) in [5, 5.41) is 14.6. The molecule has 172 valence electrons. The molecule has 12 heteroatoms. The smallest absolute Gasteiger partial charge is 0.275 e. The van der Waals surface area contributed by atoms with E-state index in [1.807, 2.05) is 0 Å². The number of hydroxylamine groups is 1. The van der Waals surface area contributed by atoms with E-state index in [1.165, 1.54) is 19.2 Å². The lowest BCUT2D eigenvalue weighted by Gasteiger charge is -2.11. The number of fused-ring (bicyclic) bond motifs is 2. The number of hydrogen-bond acceptors (Lipinski definition) is 8. The van der Waals surface area contributed by atoms with Crippen LogP contribution in [0.25, 0.3) is 21.8 Å². The van der Waals surface area contributed by atoms with Crippen molar-refractivity contribution in [3.8, 4) is 5.75 Å². The maximum atomic E-state index is 14.2. The zero-order valence-corrected chi connectivity index (χ0v) is 18.6. The molecule has 3 N–H and O–H groups in total. The van der Waals surface area contributed by atoms with Crippen LogP contribution in [-0.4, -0.2) is 49.0 Å². The van der Waals surface area contributed by atoms with Crippen molar-refractivity contribution in [3.05, 3.63) is 64.1 Å². The number of carbonyl (C=O) groups is 1. The van der Waals surface area contributed by atoms with Crippen LogP contribution in [-0.2, 0) is 17.8 Å². The van der Waals surface area contributed by atoms with E-state index in [4.69, 9.17) is 9.94 Å². The molecule has 0 radical (unpaired) electrons. The standard InChI is InChI=1S/C21H21FN6O4S/c1-3-32-18-9-17-16(8-14(18)22)23-19(24-17)10-15-12-6-4-5-7-13(12)21(30)28(25-15)11-20(29)26-33-27(2)31/h4-9,31H,3,10-11H2,1-2H3,(H,23,24)(H,26,29). The number of aromatic nitrogens is 4. The summed E-state index contributed by atoms with van der Waals surface area (Å²) in [7, 11) is 1.35. The highest BCUT2D eigenvalue weighted by atomic mass is 32.2. The van der Waals surface area contributed by atoms with Crippen molar-refractivity contribution < 1.29 is 19.1 Å². The number of H-pyrrole nitrogens is 1. The summed E-state index contributed by atoms with van der Waals surface area (Å²) in [6.45, 7) is 1.77. The third-order valence-electron chi connectivity index (χ3n) is 4.75. The third kappa shape index (κ3) is 4.97. The largest absolute Gasteiger partial charge is 0.491 e. The molecule has 0 fully saturated rings. The number of ether oxygens (including phenoxy) is 1. The van der Waals surface area contributed by atoms with E-state index in [0.717, 1.165) is 9.15 Å². The van der Waals surface area contributed by atoms with Crippen LogP contribution in [0.15, 0.2) is 41.2 Å². The Morgan fingerprint density at radius 3 is 2.82 bits per heavy atom. The summed E-state index contributed by atoms with van der Waals surface area (Å²) >= 11 is 0.673. The Labute approximate surface area is 191 Å². The van der Waals surface area contributed by atoms with Crippen LogP contribution in [0.2, 0.25) is 0 Å². The first-order chi connectivity index (χ1) is 15.9. The number of nitrogens with zero attached hydrogens (tertiary/aromatic N) is 4. The highest BCUT2D eigenvalue weighted by Crippen LogP contribution is 2.24. The molecule has 4 rings (SSSR count). The number of amides is 1. The van der Waals surface area contributed by atoms with Gasteiger partial charge in [-0.15, -0.1) is 4.47 Å². The van der Waals surface area contributed by atoms with Gasteiger partial charge in [-0.25, -0.2) is 14.1 Å². The SMILES string of the molecule is CCOc1cc2nc(Cc3nn(CC(=O)NSN(C)O)c(=O)c4ccccc34)[nH]c2cc1F. The van der Waals surface area contributed by atoms with Crippen LogP contribution in [0.3, 0.4) is 0 Å². The van der Waals surface area contributed by atoms with Crippen LogP contribution in [0, 0.1) is 5.82 Å². The van der Waals surface area contributed by atoms with Gasteiger partial charge in [-0.3, -0.25) is 14.3 Å². The Morgan fingerprint density at radius 2 is 2.09 bits per heavy atom. The van der Waals surface area contributed by atoms with Crippen LogP contribution in [0.4, 0.5) is 4.39 Å². The van der Waals surface area contributed by atoms with Crippen molar-refractivity contribution in [1.29, 1.82) is 0 Å². The molecule has 0 saturated carbocycles. The topological polar surface area (TPSA) is 125 Å². The average Bonchev–Trinajstić information content (AvgIpc) is 3.17. The van der Waals surface area contributed by atoms with Crippen LogP contribution in [0.1, 0.15) is 18.4 Å². The number of imidazole rings is 1. The highest BCUT2D eigenvalue weighted by Gasteiger charge is 2.16. The molecule has 0 bridgehead atoms. The fraction of sp³-hybridized carbons (Fsp3) is 0.238. The lowest BCUT2D eigenvalue weighted by atomic mass is 10.1. The first-order valence-electron chi connectivity index (χ1n) is 10.0. The van der Waals surface area contributed by atoms with Gasteiger partial charge < -0.3 is 14.9 Å². The van der Waals surface area contributed by atoms with Gasteiger partial charge in [0.25, 0.3) is 11.5 Å². The van der Waals surface area contributed by atoms with Crippen molar-refractivity contribution in [2.45, 2.75) is 19.9 Å². The minimum Gasteiger partial charge on any atom is -0.491 e. The molecule has 0 aliphatic heterocycles. The van der Waals surface area contributed by atoms with Gasteiger partial charge in [-0.2, -0.15) is 5.10 Å². The van der Waals surface area contributed by atoms with Gasteiger partial charge in [0.15, 0.2) is 11.6 Å². The number of nitrogens with one attached hydrogen (secondary N) is 2. The lowest BCUT2D eigenvalue weighted by Crippen LogP contribution is -2.33. The fourth-order valence-corrected chi connectivity index (χ4v) is 3.70. The monoisotopic (exact) mass is 472 g/mol. The van der Waals surface area contributed by atoms with Gasteiger partial charge >= 0.3 is 0 Å². The number of carbonyl (C=O) groups excluding carboxylic acids is 1. The summed E-state index contributed by atoms with van der Waals surface area (Å²) in [5.41, 5.74) is 1.15. The van der Waals surface area contributed by atoms with Crippen molar-refractivity contribution in [1.82, 2.24) is 28.9 Å². The molecule has 2 heterocycles. The Hall–Kier alpha value is -3.48. The van der Waals surface area contributed by atoms with Crippen molar-refractivity contribution in [3.63, 3.8) is 0 Å². The van der Waals surface area contributed by atoms with Crippen molar-refractivity contribution in [2.75, 3.05) is 13.7 Å². The van der Waals surface area contributed by atoms with Gasteiger partial charge in [-0.1, -0.05) is 18.2 Å². The van der Waals surface area contributed by atoms with E-state index >= 15 is 0 Å². The second kappa shape index (κ2) is 9.57. The van der Waals surface area contributed by atoms with Crippen molar-refractivity contribution >= 4 is 39.8 Å². The van der Waals surface area contributed by atoms with Crippen LogP contribution < -0.4 is 15.0 Å². The summed E-state index contributed by atoms with van der Waals surface area (Å²) < 4.78 is 23.7. The average molecular weight is 473 g/mol. The number of rotatable bonds is 8. The van der Waals surface area contributed by atoms with Crippen molar-refractivity contribution in [2.24, 2.45) is 0 Å². The maximum Gasteiger partial charge on any atom is 0.275 e. The van der Waals surface area contributed by atoms with E-state index < -0.39 is 17.3 Å². The van der Waals surface area contributed by atoms with Gasteiger partial charge in [0.1, 0.15) is 12.4 Å². The summed E-state index contributed by atoms with van der Waals surface area (Å²) in [4.78, 5) is 32.6. The number of hydrogen-bond donors (Lipinski definition) is 3. The Morgan fingerprint density at radius 1 is 1.33 bits per heavy atom. The predicted octanol–water partition coefficient (Wildman–Crippen LogP) is 2.40. The molecule has 2 aromatic heterocycles. The van der Waals surface area contributed by atoms with E-state index in [2.05, 4.69) is 19.8 Å². The molecule has 2 aromatic carbocycles. The normalized spacial score (nSPS) is 11.4. The second-order valence-electron chi connectivity index (χ2n) is 7.13. The van der Waals surface area contributed by atoms with Gasteiger partial charge in [0.2, 0.25) is 0 Å². The maximum absolute atomic E-state index is 14.2. The Bertz CT molecular complexity index is 1390. The molecule has 33 heavy (non-hydrogen) atoms. The van der Waals surface area contributed by atoms with Gasteiger partial charge in [0, 0.05) is 24.6 Å². The summed E-state index contributed by atoms with van der Waals surface area (Å²) in [6.07, 6.45) is 0.219. The fourth-order valence-electron chi connectivity index (χ4n) is 3.40. The molecule has 0 spiro atoms. The lowest BCUT2D eigenvalue weighted by molar-refractivity contribution is -0.120. The quantitative estimate of drug-likeness (QED) is 0.264. The minimum atomic E-state index is -0.514. The molecule has 0 saturated heterocycles. The minimum absolute atomic E-state index is 0.123. The molecule has 1 amide bonds. The van der Waals surface area contributed by atoms with E-state index in [0.29, 0.717) is 52.1 Å². The van der Waals surface area contributed by atoms with E-state index in [9.17, 15) is 14.0 Å². The molecule has 0 atom stereocenters. The summed E-state index contributed by atoms with van der Waals surface area (Å²) in [5.74, 6) is -0.367. The third-order valence-corrected chi connectivity index (χ3v) is 5.33. The number of halogens is 1. The second-order valence-corrected chi connectivity index (χ2v) is 8.04. The van der Waals surface area contributed by atoms with Gasteiger partial charge in [0.05, 0.1) is 47.3 Å². The molecule has 0 aliphatic rings. The molecule has 0 aliphatic carbocycles. The first-order valence-corrected chi connectivity index (χ1v) is 10.8. The van der Waals surface area contributed by atoms with E-state index in [1.54, 1.807) is 31.2 Å². The molecule has 10 nitrogen and oxygen atoms in total. The first kappa shape index (κ1) is 22.7. The molecule has 4 aromatic rings. The van der Waals surface area contributed by atoms with Crippen LogP contribution in [0.5, 0.6) is 5.75 Å². The zero-order chi connectivity index (χ0) is 23.5. The predicted molar refractivity (Wildman–Crippen MR) is 121 cm³/mol. The Kier molecular flexibility index (Phi) is 6.58. The highest BCUT2D eigenvalue weighted by molar-refractivity contribution is 7.95. The molecule has 0 unspecified atom stereocenters. The molecular weight excluding hydrogens is 451 g/mol. The van der Waals surface area contributed by atoms with Crippen LogP contribution >= 0.6 is 12.1 Å². The molecular formula is C21H21FN6O4S. The Balaban J connectivity index is 1.70. The summed E-state index contributed by atoms with van der Waals surface area (Å²) in [6, 6.07) is 9.81. The van der Waals surface area contributed by atoms with Gasteiger partial charge in [-0.05, 0) is 13.0 Å². The number of aromatic amines is 1.